The quantitative estimate of drug-likeness (QED) is 0.431. The predicted molar refractivity (Wildman–Crippen MR) is 104 cm³/mol. The molecule has 0 fully saturated rings. The molecule has 0 saturated heterocycles. The maximum absolute atomic E-state index is 6.20. The SMILES string of the molecule is Cc1sccc1C(=S)Nc1ccc(Cl)c(/C=N/OC(C)(C)C)c1. The molecule has 6 heteroatoms. The van der Waals surface area contributed by atoms with Gasteiger partial charge in [0.2, 0.25) is 0 Å². The van der Waals surface area contributed by atoms with Gasteiger partial charge in [0.15, 0.2) is 0 Å². The van der Waals surface area contributed by atoms with E-state index in [0.717, 1.165) is 16.8 Å². The predicted octanol–water partition coefficient (Wildman–Crippen LogP) is 5.65. The van der Waals surface area contributed by atoms with Crippen molar-refractivity contribution in [1.29, 1.82) is 0 Å². The number of nitrogens with one attached hydrogen (secondary N) is 1. The van der Waals surface area contributed by atoms with Crippen LogP contribution >= 0.6 is 35.2 Å². The number of hydrogen-bond acceptors (Lipinski definition) is 4. The fourth-order valence-electron chi connectivity index (χ4n) is 1.78. The molecule has 1 heterocycles. The standard InChI is InChI=1S/C17H19ClN2OS2/c1-11-14(7-8-23-11)16(22)20-13-5-6-15(18)12(9-13)10-19-21-17(2,3)4/h5-10H,1-4H3,(H,20,22)/b19-10+. The maximum atomic E-state index is 6.20. The first kappa shape index (κ1) is 17.9. The lowest BCUT2D eigenvalue weighted by atomic mass is 10.2. The van der Waals surface area contributed by atoms with Gasteiger partial charge in [-0.25, -0.2) is 0 Å². The van der Waals surface area contributed by atoms with Gasteiger partial charge in [-0.3, -0.25) is 0 Å². The number of thiocarbonyl (C=S) groups is 1. The average molecular weight is 367 g/mol. The Kier molecular flexibility index (Phi) is 5.79. The molecule has 2 aromatic rings. The Morgan fingerprint density at radius 2 is 2.09 bits per heavy atom. The van der Waals surface area contributed by atoms with Gasteiger partial charge < -0.3 is 10.2 Å². The van der Waals surface area contributed by atoms with E-state index in [4.69, 9.17) is 28.7 Å². The third-order valence-corrected chi connectivity index (χ3v) is 4.39. The van der Waals surface area contributed by atoms with Crippen molar-refractivity contribution in [3.05, 3.63) is 50.7 Å². The van der Waals surface area contributed by atoms with Gasteiger partial charge in [0.1, 0.15) is 10.6 Å². The lowest BCUT2D eigenvalue weighted by Crippen LogP contribution is -2.15. The van der Waals surface area contributed by atoms with E-state index in [0.29, 0.717) is 10.0 Å². The summed E-state index contributed by atoms with van der Waals surface area (Å²) in [5, 5.41) is 9.86. The molecule has 0 aliphatic rings. The molecular formula is C17H19ClN2OS2. The minimum absolute atomic E-state index is 0.336. The van der Waals surface area contributed by atoms with E-state index in [-0.39, 0.29) is 5.60 Å². The van der Waals surface area contributed by atoms with Crippen LogP contribution in [0.15, 0.2) is 34.8 Å². The summed E-state index contributed by atoms with van der Waals surface area (Å²) in [7, 11) is 0. The Bertz CT molecular complexity index is 732. The molecule has 3 nitrogen and oxygen atoms in total. The Balaban J connectivity index is 2.14. The van der Waals surface area contributed by atoms with Crippen LogP contribution in [0.5, 0.6) is 0 Å². The Morgan fingerprint density at radius 1 is 1.35 bits per heavy atom. The third kappa shape index (κ3) is 5.30. The number of oxime groups is 1. The number of halogens is 1. The molecule has 122 valence electrons. The van der Waals surface area contributed by atoms with E-state index in [1.807, 2.05) is 50.4 Å². The minimum atomic E-state index is -0.336. The Morgan fingerprint density at radius 3 is 2.70 bits per heavy atom. The topological polar surface area (TPSA) is 33.6 Å². The normalized spacial score (nSPS) is 11.7. The molecule has 23 heavy (non-hydrogen) atoms. The molecule has 0 amide bonds. The zero-order valence-electron chi connectivity index (χ0n) is 13.5. The second-order valence-electron chi connectivity index (χ2n) is 6.02. The van der Waals surface area contributed by atoms with Crippen LogP contribution in [0.3, 0.4) is 0 Å². The van der Waals surface area contributed by atoms with Crippen molar-refractivity contribution in [3.8, 4) is 0 Å². The summed E-state index contributed by atoms with van der Waals surface area (Å²) in [6.07, 6.45) is 1.61. The molecule has 0 saturated carbocycles. The fourth-order valence-corrected chi connectivity index (χ4v) is 3.06. The lowest BCUT2D eigenvalue weighted by molar-refractivity contribution is 0.00199. The van der Waals surface area contributed by atoms with Gasteiger partial charge in [-0.1, -0.05) is 29.0 Å². The highest BCUT2D eigenvalue weighted by Crippen LogP contribution is 2.22. The molecule has 0 aliphatic carbocycles. The van der Waals surface area contributed by atoms with Gasteiger partial charge in [-0.15, -0.1) is 11.3 Å². The van der Waals surface area contributed by atoms with Crippen molar-refractivity contribution in [2.24, 2.45) is 5.16 Å². The minimum Gasteiger partial charge on any atom is -0.390 e. The van der Waals surface area contributed by atoms with Crippen LogP contribution in [-0.4, -0.2) is 16.8 Å². The van der Waals surface area contributed by atoms with Crippen LogP contribution in [0, 0.1) is 6.92 Å². The van der Waals surface area contributed by atoms with Crippen molar-refractivity contribution in [2.75, 3.05) is 5.32 Å². The second-order valence-corrected chi connectivity index (χ2v) is 7.95. The summed E-state index contributed by atoms with van der Waals surface area (Å²) < 4.78 is 0. The number of thiophene rings is 1. The monoisotopic (exact) mass is 366 g/mol. The van der Waals surface area contributed by atoms with E-state index >= 15 is 0 Å². The van der Waals surface area contributed by atoms with E-state index in [1.165, 1.54) is 4.88 Å². The fraction of sp³-hybridized carbons (Fsp3) is 0.294. The first-order valence-corrected chi connectivity index (χ1v) is 8.79. The number of anilines is 1. The molecule has 0 radical (unpaired) electrons. The van der Waals surface area contributed by atoms with Gasteiger partial charge in [0.05, 0.1) is 6.21 Å². The third-order valence-electron chi connectivity index (χ3n) is 2.88. The highest BCUT2D eigenvalue weighted by Gasteiger charge is 2.10. The molecule has 0 spiro atoms. The van der Waals surface area contributed by atoms with Crippen LogP contribution < -0.4 is 5.32 Å². The Hall–Kier alpha value is -1.43. The molecular weight excluding hydrogens is 348 g/mol. The molecule has 0 unspecified atom stereocenters. The first-order valence-electron chi connectivity index (χ1n) is 7.13. The molecule has 2 rings (SSSR count). The maximum Gasteiger partial charge on any atom is 0.129 e. The summed E-state index contributed by atoms with van der Waals surface area (Å²) in [6, 6.07) is 7.61. The summed E-state index contributed by atoms with van der Waals surface area (Å²) in [6.45, 7) is 7.86. The molecule has 0 aliphatic heterocycles. The Labute approximate surface area is 151 Å². The van der Waals surface area contributed by atoms with E-state index < -0.39 is 0 Å². The molecule has 1 aromatic carbocycles. The van der Waals surface area contributed by atoms with Crippen molar-refractivity contribution >= 4 is 52.0 Å². The second kappa shape index (κ2) is 7.43. The smallest absolute Gasteiger partial charge is 0.129 e. The van der Waals surface area contributed by atoms with Crippen LogP contribution in [0.25, 0.3) is 0 Å². The lowest BCUT2D eigenvalue weighted by Gasteiger charge is -2.15. The molecule has 1 aromatic heterocycles. The summed E-state index contributed by atoms with van der Waals surface area (Å²) >= 11 is 13.3. The van der Waals surface area contributed by atoms with Gasteiger partial charge in [-0.2, -0.15) is 0 Å². The van der Waals surface area contributed by atoms with Gasteiger partial charge >= 0.3 is 0 Å². The van der Waals surface area contributed by atoms with Crippen LogP contribution in [0.1, 0.15) is 36.8 Å². The first-order chi connectivity index (χ1) is 10.8. The van der Waals surface area contributed by atoms with Crippen LogP contribution in [0.4, 0.5) is 5.69 Å². The summed E-state index contributed by atoms with van der Waals surface area (Å²) in [4.78, 5) is 7.24. The number of hydrogen-bond donors (Lipinski definition) is 1. The number of nitrogens with zero attached hydrogens (tertiary/aromatic N) is 1. The largest absolute Gasteiger partial charge is 0.390 e. The van der Waals surface area contributed by atoms with E-state index in [1.54, 1.807) is 17.6 Å². The van der Waals surface area contributed by atoms with E-state index in [2.05, 4.69) is 17.4 Å². The molecule has 1 N–H and O–H groups in total. The summed E-state index contributed by atoms with van der Waals surface area (Å²) in [5.41, 5.74) is 2.34. The van der Waals surface area contributed by atoms with Crippen LogP contribution in [0.2, 0.25) is 5.02 Å². The number of rotatable bonds is 4. The van der Waals surface area contributed by atoms with Crippen molar-refractivity contribution in [2.45, 2.75) is 33.3 Å². The molecule has 0 atom stereocenters. The summed E-state index contributed by atoms with van der Waals surface area (Å²) in [5.74, 6) is 0. The van der Waals surface area contributed by atoms with Gasteiger partial charge in [0.25, 0.3) is 0 Å². The average Bonchev–Trinajstić information content (AvgIpc) is 2.87. The highest BCUT2D eigenvalue weighted by atomic mass is 35.5. The number of aryl methyl sites for hydroxylation is 1. The zero-order valence-corrected chi connectivity index (χ0v) is 15.9. The van der Waals surface area contributed by atoms with Gasteiger partial charge in [-0.05, 0) is 57.3 Å². The number of benzene rings is 1. The molecule has 0 bridgehead atoms. The van der Waals surface area contributed by atoms with Crippen LogP contribution in [-0.2, 0) is 4.84 Å². The van der Waals surface area contributed by atoms with Gasteiger partial charge in [0, 0.05) is 26.7 Å². The highest BCUT2D eigenvalue weighted by molar-refractivity contribution is 7.81. The van der Waals surface area contributed by atoms with Crippen molar-refractivity contribution < 1.29 is 4.84 Å². The van der Waals surface area contributed by atoms with E-state index in [9.17, 15) is 0 Å². The van der Waals surface area contributed by atoms with Crippen molar-refractivity contribution in [1.82, 2.24) is 0 Å². The zero-order chi connectivity index (χ0) is 17.0. The van der Waals surface area contributed by atoms with Crippen molar-refractivity contribution in [3.63, 3.8) is 0 Å².